The van der Waals surface area contributed by atoms with Crippen LogP contribution in [0.1, 0.15) is 35.7 Å². The molecular weight excluding hydrogens is 306 g/mol. The lowest BCUT2D eigenvalue weighted by Crippen LogP contribution is -2.20. The summed E-state index contributed by atoms with van der Waals surface area (Å²) in [7, 11) is 1.31. The van der Waals surface area contributed by atoms with Crippen molar-refractivity contribution in [2.24, 2.45) is 0 Å². The van der Waals surface area contributed by atoms with Crippen molar-refractivity contribution in [1.29, 1.82) is 0 Å². The van der Waals surface area contributed by atoms with Gasteiger partial charge in [0.05, 0.1) is 12.7 Å². The Morgan fingerprint density at radius 3 is 2.54 bits per heavy atom. The van der Waals surface area contributed by atoms with Crippen molar-refractivity contribution in [1.82, 2.24) is 0 Å². The van der Waals surface area contributed by atoms with Crippen molar-refractivity contribution in [2.45, 2.75) is 19.8 Å². The van der Waals surface area contributed by atoms with Gasteiger partial charge in [-0.25, -0.2) is 4.79 Å². The van der Waals surface area contributed by atoms with E-state index in [1.165, 1.54) is 7.11 Å². The second kappa shape index (κ2) is 8.15. The van der Waals surface area contributed by atoms with Crippen LogP contribution in [0.3, 0.4) is 0 Å². The molecule has 0 heterocycles. The Bertz CT molecular complexity index is 725. The van der Waals surface area contributed by atoms with E-state index in [0.717, 1.165) is 11.3 Å². The number of carbonyl (C=O) groups excluding carboxylic acids is 2. The normalized spacial score (nSPS) is 10.3. The molecule has 0 radical (unpaired) electrons. The summed E-state index contributed by atoms with van der Waals surface area (Å²) < 4.78 is 10.1. The molecule has 0 aliphatic heterocycles. The van der Waals surface area contributed by atoms with Crippen molar-refractivity contribution in [3.63, 3.8) is 0 Å². The van der Waals surface area contributed by atoms with Crippen molar-refractivity contribution in [2.75, 3.05) is 19.0 Å². The molecule has 2 rings (SSSR count). The number of carbonyl (C=O) groups is 2. The number of amides is 1. The molecule has 0 atom stereocenters. The quantitative estimate of drug-likeness (QED) is 0.823. The number of ether oxygens (including phenoxy) is 2. The fraction of sp³-hybridized carbons (Fsp3) is 0.263. The number of anilines is 1. The highest BCUT2D eigenvalue weighted by molar-refractivity contribution is 5.92. The third-order valence-corrected chi connectivity index (χ3v) is 3.46. The molecule has 0 aliphatic carbocycles. The van der Waals surface area contributed by atoms with Crippen molar-refractivity contribution in [3.8, 4) is 5.75 Å². The van der Waals surface area contributed by atoms with Gasteiger partial charge in [0.25, 0.3) is 5.91 Å². The maximum Gasteiger partial charge on any atom is 0.337 e. The van der Waals surface area contributed by atoms with E-state index in [0.29, 0.717) is 17.2 Å². The van der Waals surface area contributed by atoms with Crippen molar-refractivity contribution < 1.29 is 19.1 Å². The molecule has 1 amide bonds. The van der Waals surface area contributed by atoms with Gasteiger partial charge in [-0.2, -0.15) is 0 Å². The molecule has 0 spiro atoms. The second-order valence-corrected chi connectivity index (χ2v) is 5.64. The summed E-state index contributed by atoms with van der Waals surface area (Å²) in [6.07, 6.45) is 0. The lowest BCUT2D eigenvalue weighted by atomic mass is 10.0. The zero-order valence-corrected chi connectivity index (χ0v) is 14.0. The van der Waals surface area contributed by atoms with Gasteiger partial charge in [-0.1, -0.05) is 32.0 Å². The fourth-order valence-electron chi connectivity index (χ4n) is 2.15. The van der Waals surface area contributed by atoms with Crippen LogP contribution >= 0.6 is 0 Å². The van der Waals surface area contributed by atoms with Gasteiger partial charge in [0.15, 0.2) is 6.61 Å². The van der Waals surface area contributed by atoms with Crippen molar-refractivity contribution in [3.05, 3.63) is 59.7 Å². The summed E-state index contributed by atoms with van der Waals surface area (Å²) >= 11 is 0. The monoisotopic (exact) mass is 327 g/mol. The molecule has 2 aromatic rings. The maximum absolute atomic E-state index is 12.0. The van der Waals surface area contributed by atoms with E-state index in [4.69, 9.17) is 4.74 Å². The molecule has 1 N–H and O–H groups in total. The Kier molecular flexibility index (Phi) is 5.95. The summed E-state index contributed by atoms with van der Waals surface area (Å²) in [5.41, 5.74) is 2.26. The number of esters is 1. The molecular formula is C19H21NO4. The number of nitrogens with one attached hydrogen (secondary N) is 1. The minimum atomic E-state index is -0.449. The Morgan fingerprint density at radius 2 is 1.83 bits per heavy atom. The topological polar surface area (TPSA) is 64.6 Å². The molecule has 5 heteroatoms. The fourth-order valence-corrected chi connectivity index (χ4v) is 2.15. The molecule has 0 unspecified atom stereocenters. The number of benzene rings is 2. The largest absolute Gasteiger partial charge is 0.484 e. The summed E-state index contributed by atoms with van der Waals surface area (Å²) in [5, 5.41) is 2.80. The van der Waals surface area contributed by atoms with Gasteiger partial charge >= 0.3 is 5.97 Å². The number of hydrogen-bond donors (Lipinski definition) is 1. The van der Waals surface area contributed by atoms with Gasteiger partial charge in [0.2, 0.25) is 0 Å². The van der Waals surface area contributed by atoms with E-state index in [1.807, 2.05) is 24.3 Å². The average Bonchev–Trinajstić information content (AvgIpc) is 2.59. The molecule has 0 fully saturated rings. The lowest BCUT2D eigenvalue weighted by Gasteiger charge is -2.10. The SMILES string of the molecule is COC(=O)c1cccc(OCC(=O)Nc2cccc(C(C)C)c2)c1. The van der Waals surface area contributed by atoms with Crippen LogP contribution in [0.4, 0.5) is 5.69 Å². The maximum atomic E-state index is 12.0. The Morgan fingerprint density at radius 1 is 1.08 bits per heavy atom. The van der Waals surface area contributed by atoms with E-state index in [9.17, 15) is 9.59 Å². The summed E-state index contributed by atoms with van der Waals surface area (Å²) in [6.45, 7) is 4.05. The molecule has 0 bridgehead atoms. The first-order valence-electron chi connectivity index (χ1n) is 7.70. The minimum Gasteiger partial charge on any atom is -0.484 e. The summed E-state index contributed by atoms with van der Waals surface area (Å²) in [5.74, 6) is 0.109. The smallest absolute Gasteiger partial charge is 0.337 e. The van der Waals surface area contributed by atoms with Crippen LogP contribution in [0.25, 0.3) is 0 Å². The standard InChI is InChI=1S/C19H21NO4/c1-13(2)14-6-4-8-16(10-14)20-18(21)12-24-17-9-5-7-15(11-17)19(22)23-3/h4-11,13H,12H2,1-3H3,(H,20,21). The molecule has 0 aliphatic rings. The molecule has 2 aromatic carbocycles. The van der Waals surface area contributed by atoms with E-state index < -0.39 is 5.97 Å². The number of methoxy groups -OCH3 is 1. The minimum absolute atomic E-state index is 0.142. The Balaban J connectivity index is 1.94. The number of rotatable bonds is 6. The second-order valence-electron chi connectivity index (χ2n) is 5.64. The summed E-state index contributed by atoms with van der Waals surface area (Å²) in [4.78, 5) is 23.5. The highest BCUT2D eigenvalue weighted by Crippen LogP contribution is 2.19. The zero-order valence-electron chi connectivity index (χ0n) is 14.0. The first-order chi connectivity index (χ1) is 11.5. The van der Waals surface area contributed by atoms with Crippen LogP contribution in [-0.2, 0) is 9.53 Å². The predicted molar refractivity (Wildman–Crippen MR) is 92.4 cm³/mol. The lowest BCUT2D eigenvalue weighted by molar-refractivity contribution is -0.118. The van der Waals surface area contributed by atoms with Gasteiger partial charge in [0, 0.05) is 5.69 Å². The Labute approximate surface area is 141 Å². The van der Waals surface area contributed by atoms with Gasteiger partial charge in [0.1, 0.15) is 5.75 Å². The number of hydrogen-bond acceptors (Lipinski definition) is 4. The molecule has 126 valence electrons. The molecule has 0 saturated carbocycles. The predicted octanol–water partition coefficient (Wildman–Crippen LogP) is 3.61. The van der Waals surface area contributed by atoms with Crippen molar-refractivity contribution >= 4 is 17.6 Å². The van der Waals surface area contributed by atoms with E-state index >= 15 is 0 Å². The molecule has 0 aromatic heterocycles. The van der Waals surface area contributed by atoms with Gasteiger partial charge < -0.3 is 14.8 Å². The van der Waals surface area contributed by atoms with Crippen LogP contribution in [0.15, 0.2) is 48.5 Å². The van der Waals surface area contributed by atoms with Crippen LogP contribution in [-0.4, -0.2) is 25.6 Å². The van der Waals surface area contributed by atoms with Crippen LogP contribution in [0, 0.1) is 0 Å². The van der Waals surface area contributed by atoms with E-state index in [-0.39, 0.29) is 12.5 Å². The van der Waals surface area contributed by atoms with E-state index in [1.54, 1.807) is 24.3 Å². The third-order valence-electron chi connectivity index (χ3n) is 3.46. The highest BCUT2D eigenvalue weighted by Gasteiger charge is 2.08. The van der Waals surface area contributed by atoms with Gasteiger partial charge in [-0.05, 0) is 41.8 Å². The van der Waals surface area contributed by atoms with Gasteiger partial charge in [-0.15, -0.1) is 0 Å². The first-order valence-corrected chi connectivity index (χ1v) is 7.70. The Hall–Kier alpha value is -2.82. The zero-order chi connectivity index (χ0) is 17.5. The first kappa shape index (κ1) is 17.5. The van der Waals surface area contributed by atoms with Crippen LogP contribution < -0.4 is 10.1 Å². The molecule has 24 heavy (non-hydrogen) atoms. The molecule has 5 nitrogen and oxygen atoms in total. The van der Waals surface area contributed by atoms with Crippen LogP contribution in [0.5, 0.6) is 5.75 Å². The van der Waals surface area contributed by atoms with Gasteiger partial charge in [-0.3, -0.25) is 4.79 Å². The third kappa shape index (κ3) is 4.84. The average molecular weight is 327 g/mol. The molecule has 0 saturated heterocycles. The van der Waals surface area contributed by atoms with Crippen LogP contribution in [0.2, 0.25) is 0 Å². The summed E-state index contributed by atoms with van der Waals surface area (Å²) in [6, 6.07) is 14.2. The van der Waals surface area contributed by atoms with E-state index in [2.05, 4.69) is 23.9 Å². The highest BCUT2D eigenvalue weighted by atomic mass is 16.5.